The predicted octanol–water partition coefficient (Wildman–Crippen LogP) is 2.85. The fourth-order valence-electron chi connectivity index (χ4n) is 3.30. The van der Waals surface area contributed by atoms with Gasteiger partial charge in [-0.05, 0) is 50.6 Å². The van der Waals surface area contributed by atoms with Crippen molar-refractivity contribution in [1.29, 1.82) is 0 Å². The number of hydrogen-bond acceptors (Lipinski definition) is 6. The normalized spacial score (nSPS) is 17.1. The molecule has 3 rings (SSSR count). The quantitative estimate of drug-likeness (QED) is 0.687. The zero-order valence-corrected chi connectivity index (χ0v) is 17.3. The molecule has 1 saturated heterocycles. The highest BCUT2D eigenvalue weighted by molar-refractivity contribution is 7.13. The highest BCUT2D eigenvalue weighted by Crippen LogP contribution is 2.16. The third-order valence-corrected chi connectivity index (χ3v) is 5.97. The summed E-state index contributed by atoms with van der Waals surface area (Å²) in [5.74, 6) is -0.799. The van der Waals surface area contributed by atoms with E-state index in [1.807, 2.05) is 0 Å². The van der Waals surface area contributed by atoms with Crippen LogP contribution in [0.1, 0.15) is 47.4 Å². The Morgan fingerprint density at radius 2 is 2.03 bits per heavy atom. The Bertz CT molecular complexity index is 827. The highest BCUT2D eigenvalue weighted by Gasteiger charge is 2.18. The zero-order chi connectivity index (χ0) is 20.6. The van der Waals surface area contributed by atoms with Crippen LogP contribution in [-0.2, 0) is 11.2 Å². The summed E-state index contributed by atoms with van der Waals surface area (Å²) in [6.07, 6.45) is 4.49. The van der Waals surface area contributed by atoms with Crippen molar-refractivity contribution in [3.05, 3.63) is 40.1 Å². The molecule has 0 radical (unpaired) electrons. The molecular formula is C20H26FN5O2S. The molecular weight excluding hydrogens is 393 g/mol. The Morgan fingerprint density at radius 3 is 2.79 bits per heavy atom. The number of benzene rings is 1. The Morgan fingerprint density at radius 1 is 1.24 bits per heavy atom. The molecule has 156 valence electrons. The Labute approximate surface area is 173 Å². The average Bonchev–Trinajstić information content (AvgIpc) is 3.19. The molecule has 29 heavy (non-hydrogen) atoms. The van der Waals surface area contributed by atoms with E-state index in [9.17, 15) is 14.0 Å². The van der Waals surface area contributed by atoms with Gasteiger partial charge in [0.05, 0.1) is 0 Å². The molecule has 0 spiro atoms. The molecule has 1 fully saturated rings. The standard InChI is InChI=1S/C20H26FN5O2S/c1-14-4-2-3-12-26(14)13-11-22-17(27)9-10-18-24-25-20(29-18)19(28)23-16-7-5-15(21)6-8-16/h5-8,14H,2-4,9-13H2,1H3,(H,22,27)(H,23,28). The molecule has 2 aromatic rings. The number of aryl methyl sites for hydroxylation is 1. The third-order valence-electron chi connectivity index (χ3n) is 4.99. The van der Waals surface area contributed by atoms with Gasteiger partial charge in [0.2, 0.25) is 10.9 Å². The molecule has 1 aliphatic heterocycles. The van der Waals surface area contributed by atoms with Crippen molar-refractivity contribution in [3.63, 3.8) is 0 Å². The molecule has 2 amide bonds. The number of halogens is 1. The lowest BCUT2D eigenvalue weighted by molar-refractivity contribution is -0.121. The van der Waals surface area contributed by atoms with Crippen molar-refractivity contribution >= 4 is 28.8 Å². The van der Waals surface area contributed by atoms with Crippen molar-refractivity contribution < 1.29 is 14.0 Å². The Balaban J connectivity index is 1.38. The molecule has 2 heterocycles. The number of hydrogen-bond donors (Lipinski definition) is 2. The van der Waals surface area contributed by atoms with Crippen LogP contribution in [0.3, 0.4) is 0 Å². The molecule has 1 aromatic heterocycles. The number of anilines is 1. The minimum absolute atomic E-state index is 0.0258. The van der Waals surface area contributed by atoms with E-state index in [1.54, 1.807) is 0 Å². The summed E-state index contributed by atoms with van der Waals surface area (Å²) in [4.78, 5) is 26.7. The Kier molecular flexibility index (Phi) is 7.65. The summed E-state index contributed by atoms with van der Waals surface area (Å²) in [5, 5.41) is 14.3. The van der Waals surface area contributed by atoms with E-state index in [4.69, 9.17) is 0 Å². The van der Waals surface area contributed by atoms with Crippen molar-refractivity contribution in [2.24, 2.45) is 0 Å². The number of likely N-dealkylation sites (tertiary alicyclic amines) is 1. The molecule has 2 N–H and O–H groups in total. The van der Waals surface area contributed by atoms with Crippen molar-refractivity contribution in [2.75, 3.05) is 25.0 Å². The van der Waals surface area contributed by atoms with E-state index in [0.29, 0.717) is 36.1 Å². The van der Waals surface area contributed by atoms with Crippen molar-refractivity contribution in [1.82, 2.24) is 20.4 Å². The van der Waals surface area contributed by atoms with Gasteiger partial charge in [0.25, 0.3) is 5.91 Å². The fourth-order valence-corrected chi connectivity index (χ4v) is 4.04. The van der Waals surface area contributed by atoms with Gasteiger partial charge in [-0.3, -0.25) is 14.5 Å². The maximum Gasteiger partial charge on any atom is 0.286 e. The minimum Gasteiger partial charge on any atom is -0.355 e. The second kappa shape index (κ2) is 10.4. The number of carbonyl (C=O) groups excluding carboxylic acids is 2. The fraction of sp³-hybridized carbons (Fsp3) is 0.500. The van der Waals surface area contributed by atoms with Gasteiger partial charge in [-0.15, -0.1) is 10.2 Å². The minimum atomic E-state index is -0.402. The summed E-state index contributed by atoms with van der Waals surface area (Å²) in [5.41, 5.74) is 0.482. The molecule has 1 aliphatic rings. The maximum atomic E-state index is 12.9. The maximum absolute atomic E-state index is 12.9. The highest BCUT2D eigenvalue weighted by atomic mass is 32.1. The van der Waals surface area contributed by atoms with Gasteiger partial charge in [-0.2, -0.15) is 0 Å². The third kappa shape index (κ3) is 6.57. The van der Waals surface area contributed by atoms with Crippen LogP contribution >= 0.6 is 11.3 Å². The molecule has 1 atom stereocenters. The molecule has 1 unspecified atom stereocenters. The summed E-state index contributed by atoms with van der Waals surface area (Å²) in [6.45, 7) is 4.86. The van der Waals surface area contributed by atoms with Crippen LogP contribution in [0.4, 0.5) is 10.1 Å². The molecule has 0 saturated carbocycles. The van der Waals surface area contributed by atoms with E-state index in [0.717, 1.165) is 24.4 Å². The van der Waals surface area contributed by atoms with Crippen molar-refractivity contribution in [3.8, 4) is 0 Å². The van der Waals surface area contributed by atoms with E-state index in [1.165, 1.54) is 43.5 Å². The second-order valence-corrected chi connectivity index (χ2v) is 8.25. The first kappa shape index (κ1) is 21.3. The van der Waals surface area contributed by atoms with Crippen LogP contribution in [0, 0.1) is 5.82 Å². The number of amides is 2. The van der Waals surface area contributed by atoms with Gasteiger partial charge < -0.3 is 10.6 Å². The van der Waals surface area contributed by atoms with Crippen LogP contribution < -0.4 is 10.6 Å². The number of carbonyl (C=O) groups is 2. The molecule has 9 heteroatoms. The largest absolute Gasteiger partial charge is 0.355 e. The molecule has 0 aliphatic carbocycles. The lowest BCUT2D eigenvalue weighted by Crippen LogP contribution is -2.42. The number of nitrogens with zero attached hydrogens (tertiary/aromatic N) is 3. The van der Waals surface area contributed by atoms with Crippen LogP contribution in [-0.4, -0.2) is 52.6 Å². The van der Waals surface area contributed by atoms with Gasteiger partial charge in [0, 0.05) is 37.7 Å². The summed E-state index contributed by atoms with van der Waals surface area (Å²) >= 11 is 1.16. The zero-order valence-electron chi connectivity index (χ0n) is 16.5. The van der Waals surface area contributed by atoms with Gasteiger partial charge in [0.1, 0.15) is 10.8 Å². The van der Waals surface area contributed by atoms with Gasteiger partial charge >= 0.3 is 0 Å². The van der Waals surface area contributed by atoms with Gasteiger partial charge in [0.15, 0.2) is 0 Å². The summed E-state index contributed by atoms with van der Waals surface area (Å²) in [7, 11) is 0. The number of piperidine rings is 1. The Hall–Kier alpha value is -2.39. The van der Waals surface area contributed by atoms with E-state index in [-0.39, 0.29) is 16.7 Å². The van der Waals surface area contributed by atoms with E-state index < -0.39 is 5.91 Å². The lowest BCUT2D eigenvalue weighted by Gasteiger charge is -2.33. The van der Waals surface area contributed by atoms with Crippen LogP contribution in [0.2, 0.25) is 0 Å². The smallest absolute Gasteiger partial charge is 0.286 e. The topological polar surface area (TPSA) is 87.2 Å². The predicted molar refractivity (Wildman–Crippen MR) is 110 cm³/mol. The van der Waals surface area contributed by atoms with Gasteiger partial charge in [-0.25, -0.2) is 4.39 Å². The van der Waals surface area contributed by atoms with Crippen LogP contribution in [0.25, 0.3) is 0 Å². The van der Waals surface area contributed by atoms with Crippen molar-refractivity contribution in [2.45, 2.75) is 45.1 Å². The number of aromatic nitrogens is 2. The number of nitrogens with one attached hydrogen (secondary N) is 2. The SMILES string of the molecule is CC1CCCCN1CCNC(=O)CCc1nnc(C(=O)Nc2ccc(F)cc2)s1. The van der Waals surface area contributed by atoms with Gasteiger partial charge in [-0.1, -0.05) is 17.8 Å². The second-order valence-electron chi connectivity index (χ2n) is 7.19. The van der Waals surface area contributed by atoms with Crippen LogP contribution in [0.5, 0.6) is 0 Å². The molecule has 7 nitrogen and oxygen atoms in total. The first-order chi connectivity index (χ1) is 14.0. The first-order valence-electron chi connectivity index (χ1n) is 9.91. The number of rotatable bonds is 8. The molecule has 0 bridgehead atoms. The summed E-state index contributed by atoms with van der Waals surface area (Å²) in [6, 6.07) is 6.08. The first-order valence-corrected chi connectivity index (χ1v) is 10.7. The lowest BCUT2D eigenvalue weighted by atomic mass is 10.0. The van der Waals surface area contributed by atoms with Crippen LogP contribution in [0.15, 0.2) is 24.3 Å². The molecule has 1 aromatic carbocycles. The van der Waals surface area contributed by atoms with E-state index in [2.05, 4.69) is 32.7 Å². The monoisotopic (exact) mass is 419 g/mol. The average molecular weight is 420 g/mol. The van der Waals surface area contributed by atoms with E-state index >= 15 is 0 Å². The summed E-state index contributed by atoms with van der Waals surface area (Å²) < 4.78 is 12.9.